The van der Waals surface area contributed by atoms with E-state index >= 15 is 0 Å². The number of fused-ring (bicyclic) bond motifs is 1. The first-order valence-corrected chi connectivity index (χ1v) is 11.0. The van der Waals surface area contributed by atoms with Crippen molar-refractivity contribution in [1.82, 2.24) is 5.48 Å². The second-order valence-corrected chi connectivity index (χ2v) is 9.00. The van der Waals surface area contributed by atoms with Crippen molar-refractivity contribution >= 4 is 33.6 Å². The number of allylic oxidation sites excluding steroid dienone is 1. The largest absolute Gasteiger partial charge is 0.508 e. The van der Waals surface area contributed by atoms with E-state index in [9.17, 15) is 14.7 Å². The monoisotopic (exact) mass is 520 g/mol. The lowest BCUT2D eigenvalue weighted by atomic mass is 9.78. The number of phenolic OH excluding ortho intramolecular Hbond substituents is 1. The Balaban J connectivity index is 1.79. The summed E-state index contributed by atoms with van der Waals surface area (Å²) < 4.78 is 17.1. The highest BCUT2D eigenvalue weighted by atomic mass is 79.9. The summed E-state index contributed by atoms with van der Waals surface area (Å²) in [5.74, 6) is 0.471. The number of hydrogen-bond acceptors (Lipinski definition) is 7. The molecule has 1 atom stereocenters. The Morgan fingerprint density at radius 3 is 2.73 bits per heavy atom. The highest BCUT2D eigenvalue weighted by Gasteiger charge is 2.35. The standard InChI is InChI=1S/C23H25BrN2O7/c1-23(2,10-4-3-5-20(28)26-30)21(16-11-14(24)6-8-17(16)27)33-22(29)25-15-7-9-18-19(12-15)32-13-31-18/h3,5-9,11-12,21,27,30H,4,10,13H2,1-2H3,(H,25,29)(H,26,28)/b5-3+/t21-/m1/s1. The first kappa shape index (κ1) is 24.4. The molecule has 0 spiro atoms. The summed E-state index contributed by atoms with van der Waals surface area (Å²) in [6.07, 6.45) is 2.28. The maximum atomic E-state index is 12.8. The van der Waals surface area contributed by atoms with Crippen LogP contribution in [0.1, 0.15) is 38.4 Å². The summed E-state index contributed by atoms with van der Waals surface area (Å²) in [4.78, 5) is 24.0. The van der Waals surface area contributed by atoms with Crippen molar-refractivity contribution in [2.24, 2.45) is 5.41 Å². The number of carbonyl (C=O) groups is 2. The van der Waals surface area contributed by atoms with Crippen LogP contribution in [0, 0.1) is 5.41 Å². The molecule has 9 nitrogen and oxygen atoms in total. The molecule has 33 heavy (non-hydrogen) atoms. The minimum atomic E-state index is -0.816. The van der Waals surface area contributed by atoms with Crippen molar-refractivity contribution in [3.8, 4) is 17.2 Å². The normalized spacial score (nSPS) is 13.6. The second kappa shape index (κ2) is 10.6. The van der Waals surface area contributed by atoms with Gasteiger partial charge in [-0.25, -0.2) is 10.3 Å². The Morgan fingerprint density at radius 1 is 1.21 bits per heavy atom. The summed E-state index contributed by atoms with van der Waals surface area (Å²) in [6.45, 7) is 3.91. The van der Waals surface area contributed by atoms with Crippen LogP contribution in [0.15, 0.2) is 53.0 Å². The number of rotatable bonds is 8. The Labute approximate surface area is 199 Å². The van der Waals surface area contributed by atoms with Crippen molar-refractivity contribution in [3.63, 3.8) is 0 Å². The molecule has 176 valence electrons. The fraction of sp³-hybridized carbons (Fsp3) is 0.304. The van der Waals surface area contributed by atoms with Crippen LogP contribution >= 0.6 is 15.9 Å². The number of carbonyl (C=O) groups excluding carboxylic acids is 2. The summed E-state index contributed by atoms with van der Waals surface area (Å²) in [7, 11) is 0. The summed E-state index contributed by atoms with van der Waals surface area (Å²) in [5.41, 5.74) is 1.80. The van der Waals surface area contributed by atoms with Crippen LogP contribution in [0.2, 0.25) is 0 Å². The molecule has 0 aliphatic carbocycles. The van der Waals surface area contributed by atoms with Crippen LogP contribution in [0.4, 0.5) is 10.5 Å². The number of nitrogens with one attached hydrogen (secondary N) is 2. The average molecular weight is 521 g/mol. The maximum absolute atomic E-state index is 12.8. The number of phenols is 1. The Hall–Kier alpha value is -3.24. The molecule has 10 heteroatoms. The molecule has 1 aliphatic heterocycles. The second-order valence-electron chi connectivity index (χ2n) is 8.09. The number of hydrogen-bond donors (Lipinski definition) is 4. The van der Waals surface area contributed by atoms with Gasteiger partial charge in [0.1, 0.15) is 11.9 Å². The number of benzene rings is 2. The summed E-state index contributed by atoms with van der Waals surface area (Å²) in [5, 5.41) is 21.8. The molecule has 0 radical (unpaired) electrons. The van der Waals surface area contributed by atoms with Crippen LogP contribution in [0.25, 0.3) is 0 Å². The quantitative estimate of drug-likeness (QED) is 0.218. The van der Waals surface area contributed by atoms with E-state index in [1.165, 1.54) is 17.6 Å². The molecule has 2 aromatic rings. The van der Waals surface area contributed by atoms with Gasteiger partial charge in [0.25, 0.3) is 5.91 Å². The molecule has 0 fully saturated rings. The number of aromatic hydroxyl groups is 1. The van der Waals surface area contributed by atoms with Gasteiger partial charge in [0.2, 0.25) is 6.79 Å². The third kappa shape index (κ3) is 6.39. The topological polar surface area (TPSA) is 126 Å². The van der Waals surface area contributed by atoms with E-state index in [-0.39, 0.29) is 12.5 Å². The number of amides is 2. The highest BCUT2D eigenvalue weighted by molar-refractivity contribution is 9.10. The van der Waals surface area contributed by atoms with Crippen LogP contribution < -0.4 is 20.3 Å². The van der Waals surface area contributed by atoms with Crippen molar-refractivity contribution in [1.29, 1.82) is 0 Å². The van der Waals surface area contributed by atoms with Crippen molar-refractivity contribution in [3.05, 3.63) is 58.6 Å². The van der Waals surface area contributed by atoms with E-state index < -0.39 is 23.5 Å². The molecule has 0 unspecified atom stereocenters. The van der Waals surface area contributed by atoms with E-state index in [2.05, 4.69) is 21.2 Å². The first-order chi connectivity index (χ1) is 15.7. The molecule has 0 saturated heterocycles. The van der Waals surface area contributed by atoms with Crippen molar-refractivity contribution in [2.75, 3.05) is 12.1 Å². The fourth-order valence-corrected chi connectivity index (χ4v) is 3.80. The third-order valence-electron chi connectivity index (χ3n) is 5.16. The first-order valence-electron chi connectivity index (χ1n) is 10.2. The fourth-order valence-electron chi connectivity index (χ4n) is 3.42. The Bertz CT molecular complexity index is 1060. The van der Waals surface area contributed by atoms with Crippen molar-refractivity contribution in [2.45, 2.75) is 32.8 Å². The zero-order chi connectivity index (χ0) is 24.0. The number of halogens is 1. The van der Waals surface area contributed by atoms with Gasteiger partial charge in [0.15, 0.2) is 11.5 Å². The van der Waals surface area contributed by atoms with Gasteiger partial charge in [-0.2, -0.15) is 0 Å². The zero-order valence-electron chi connectivity index (χ0n) is 18.1. The SMILES string of the molecule is CC(C)(CC/C=C/C(=O)NO)[C@H](OC(=O)Nc1ccc2c(c1)OCO2)c1cc(Br)ccc1O. The maximum Gasteiger partial charge on any atom is 0.412 e. The van der Waals surface area contributed by atoms with Gasteiger partial charge >= 0.3 is 6.09 Å². The Morgan fingerprint density at radius 2 is 1.97 bits per heavy atom. The smallest absolute Gasteiger partial charge is 0.412 e. The van der Waals surface area contributed by atoms with Crippen molar-refractivity contribution < 1.29 is 34.1 Å². The predicted octanol–water partition coefficient (Wildman–Crippen LogP) is 5.04. The molecule has 2 amide bonds. The van der Waals surface area contributed by atoms with E-state index in [0.29, 0.717) is 35.6 Å². The predicted molar refractivity (Wildman–Crippen MR) is 123 cm³/mol. The molecular formula is C23H25BrN2O7. The van der Waals surface area contributed by atoms with E-state index in [0.717, 1.165) is 4.47 Å². The van der Waals surface area contributed by atoms with E-state index in [1.807, 2.05) is 13.8 Å². The lowest BCUT2D eigenvalue weighted by molar-refractivity contribution is -0.124. The van der Waals surface area contributed by atoms with Gasteiger partial charge in [-0.1, -0.05) is 35.9 Å². The van der Waals surface area contributed by atoms with Gasteiger partial charge in [-0.05, 0) is 43.2 Å². The van der Waals surface area contributed by atoms with Gasteiger partial charge in [0, 0.05) is 33.3 Å². The number of ether oxygens (including phenoxy) is 3. The minimum Gasteiger partial charge on any atom is -0.508 e. The molecule has 4 N–H and O–H groups in total. The molecule has 1 aliphatic rings. The molecule has 0 aromatic heterocycles. The van der Waals surface area contributed by atoms with Gasteiger partial charge in [-0.3, -0.25) is 15.3 Å². The summed E-state index contributed by atoms with van der Waals surface area (Å²) in [6, 6.07) is 9.90. The lowest BCUT2D eigenvalue weighted by Crippen LogP contribution is -2.29. The molecule has 0 bridgehead atoms. The zero-order valence-corrected chi connectivity index (χ0v) is 19.7. The van der Waals surface area contributed by atoms with Gasteiger partial charge in [0.05, 0.1) is 0 Å². The van der Waals surface area contributed by atoms with Crippen LogP contribution in [0.3, 0.4) is 0 Å². The van der Waals surface area contributed by atoms with Gasteiger partial charge < -0.3 is 19.3 Å². The van der Waals surface area contributed by atoms with Crippen LogP contribution in [0.5, 0.6) is 17.2 Å². The van der Waals surface area contributed by atoms with Crippen LogP contribution in [-0.2, 0) is 9.53 Å². The number of anilines is 1. The minimum absolute atomic E-state index is 0.0117. The molecule has 0 saturated carbocycles. The highest BCUT2D eigenvalue weighted by Crippen LogP contribution is 2.44. The van der Waals surface area contributed by atoms with E-state index in [4.69, 9.17) is 19.4 Å². The molecular weight excluding hydrogens is 496 g/mol. The summed E-state index contributed by atoms with van der Waals surface area (Å²) >= 11 is 3.40. The molecule has 3 rings (SSSR count). The lowest BCUT2D eigenvalue weighted by Gasteiger charge is -2.34. The van der Waals surface area contributed by atoms with Crippen LogP contribution in [-0.4, -0.2) is 29.1 Å². The Kier molecular flexibility index (Phi) is 7.83. The van der Waals surface area contributed by atoms with Gasteiger partial charge in [-0.15, -0.1) is 0 Å². The number of hydroxylamine groups is 1. The molecule has 2 aromatic carbocycles. The van der Waals surface area contributed by atoms with E-state index in [1.54, 1.807) is 36.4 Å². The average Bonchev–Trinajstić information content (AvgIpc) is 3.24. The molecule has 1 heterocycles. The third-order valence-corrected chi connectivity index (χ3v) is 5.65.